The maximum absolute atomic E-state index is 15.5. The van der Waals surface area contributed by atoms with Gasteiger partial charge in [0, 0.05) is 108 Å². The number of hydrogen-bond acceptors (Lipinski definition) is 31. The Labute approximate surface area is 870 Å². The van der Waals surface area contributed by atoms with E-state index in [2.05, 4.69) is 13.8 Å². The second-order valence-corrected chi connectivity index (χ2v) is 44.8. The number of halogens is 1. The number of esters is 5. The number of Topliss-reactive ketones (excluding diaryl/α,β-unsaturated/α-hetero) is 4. The van der Waals surface area contributed by atoms with Gasteiger partial charge in [0.05, 0.1) is 52.6 Å². The van der Waals surface area contributed by atoms with E-state index in [1.807, 2.05) is 202 Å². The third-order valence-electron chi connectivity index (χ3n) is 34.3. The minimum atomic E-state index is -2.90. The van der Waals surface area contributed by atoms with Gasteiger partial charge >= 0.3 is 29.8 Å². The lowest BCUT2D eigenvalue weighted by atomic mass is 9.69. The number of nitrogens with zero attached hydrogens (tertiary/aromatic N) is 3. The van der Waals surface area contributed by atoms with Crippen LogP contribution in [0.3, 0.4) is 0 Å². The number of fused-ring (bicyclic) bond motifs is 1. The van der Waals surface area contributed by atoms with E-state index in [0.29, 0.717) is 64.6 Å². The van der Waals surface area contributed by atoms with Gasteiger partial charge in [-0.15, -0.1) is 0 Å². The van der Waals surface area contributed by atoms with Gasteiger partial charge in [-0.3, -0.25) is 38.4 Å². The number of hydrogen-bond donors (Lipinski definition) is 8. The summed E-state index contributed by atoms with van der Waals surface area (Å²) in [5.41, 5.74) is -13.3. The minimum Gasteiger partial charge on any atom is -0.459 e. The summed E-state index contributed by atoms with van der Waals surface area (Å²) in [5, 5.41) is 89.4. The van der Waals surface area contributed by atoms with Gasteiger partial charge in [-0.2, -0.15) is 0 Å². The summed E-state index contributed by atoms with van der Waals surface area (Å²) in [6.45, 7) is 78.2. The molecule has 144 heavy (non-hydrogen) atoms. The lowest BCUT2D eigenvalue weighted by Crippen LogP contribution is -2.59. The zero-order valence-electron chi connectivity index (χ0n) is 99.1. The molecule has 0 saturated carbocycles. The van der Waals surface area contributed by atoms with Gasteiger partial charge in [0.15, 0.2) is 12.1 Å². The summed E-state index contributed by atoms with van der Waals surface area (Å²) in [7, 11) is 12.0. The van der Waals surface area contributed by atoms with Crippen LogP contribution in [0.5, 0.6) is 0 Å². The van der Waals surface area contributed by atoms with E-state index in [1.54, 1.807) is 104 Å². The standard InChI is InChI=1S/C31H59NO9.C25H40O7.C24H44FNO6.C24H45NO6.4C2H6/c1-13-23-31(10,37)26(33)21(6)32(11)16-17(2)14-29(8,36)20(5)18(3)25(19(4)28(35)40-23)41-24-15-30(9,38-12)27(34)22(7)39-24;1-10-19-25(8)18(11-20(26)32-25)15(4)21(27)13(2)12-24(7,30-9)17(6)14(3)22(28)16(5)23(29)31-19;1-11-18-24(8,30)20(28)17(5)26(9)13-14(2)12-22(6,31-10)16(4)15(3)19(27)23(7,25)21(29)32-18;1-11-19-24(8,29)21(27)18(6)25(9)13-14(2)12-23(7,30-10)17(5)15(3)20(26)16(4)22(28)31-19;4*1-2/h17-27,33-34,36-37H,13-16H2,1-12H3;13-19H,10-12H2,1-9H3;14-18,20,28,30H,11-13H2,1-10H3;14-19,21,27,29H,11-13H2,1-10H3;4*1-2H3/t17-,18-,19-,20-,21-,22+,23-,24+,25+,26-,27+,29-,30-,31-;13-,14-,15-,16-,17-,18-,19-,24-,25+;14-,15-,16-,17-,18-,20-,22-,23+,24-;14-,15-,16-,17-,18-,19-,21-,23-,24-;;;;/m1111..../s1. The highest BCUT2D eigenvalue weighted by Crippen LogP contribution is 2.48. The summed E-state index contributed by atoms with van der Waals surface area (Å²) in [4.78, 5) is 123. The molecule has 41 atom stereocenters. The van der Waals surface area contributed by atoms with Crippen molar-refractivity contribution in [2.45, 2.75) is 497 Å². The lowest BCUT2D eigenvalue weighted by molar-refractivity contribution is -0.298. The Morgan fingerprint density at radius 3 is 1.05 bits per heavy atom. The Morgan fingerprint density at radius 2 is 0.701 bits per heavy atom. The molecule has 0 aromatic rings. The fraction of sp³-hybridized carbons (Fsp3) is 0.920. The quantitative estimate of drug-likeness (QED) is 0.0572. The van der Waals surface area contributed by atoms with Gasteiger partial charge in [0.2, 0.25) is 0 Å². The Kier molecular flexibility index (Phi) is 59.0. The first kappa shape index (κ1) is 141. The number of aliphatic hydroxyl groups is 8. The molecule has 6 rings (SSSR count). The molecule has 0 spiro atoms. The predicted octanol–water partition coefficient (Wildman–Crippen LogP) is 16.0. The fourth-order valence-electron chi connectivity index (χ4n) is 22.4. The summed E-state index contributed by atoms with van der Waals surface area (Å²) >= 11 is 0. The molecule has 0 aromatic carbocycles. The Hall–Kier alpha value is -4.72. The largest absolute Gasteiger partial charge is 0.459 e. The lowest BCUT2D eigenvalue weighted by Gasteiger charge is -2.47. The number of likely N-dealkylation sites (N-methyl/N-ethyl adjacent to an activating group) is 3. The monoisotopic (exact) mass is 2070 g/mol. The first-order valence-electron chi connectivity index (χ1n) is 54.2. The molecule has 0 radical (unpaired) electrons. The van der Waals surface area contributed by atoms with E-state index < -0.39 is 218 Å². The summed E-state index contributed by atoms with van der Waals surface area (Å²) < 4.78 is 79.6. The van der Waals surface area contributed by atoms with Crippen LogP contribution in [0, 0.1) is 101 Å². The Bertz CT molecular complexity index is 3870. The highest BCUT2D eigenvalue weighted by atomic mass is 19.1. The van der Waals surface area contributed by atoms with E-state index >= 15 is 4.39 Å². The molecule has 6 saturated heterocycles. The van der Waals surface area contributed by atoms with Crippen molar-refractivity contribution in [2.24, 2.45) is 101 Å². The molecule has 0 unspecified atom stereocenters. The molecule has 0 bridgehead atoms. The number of carbonyl (C=O) groups excluding carboxylic acids is 9. The van der Waals surface area contributed by atoms with Gasteiger partial charge in [0.1, 0.15) is 100 Å². The van der Waals surface area contributed by atoms with E-state index in [9.17, 15) is 84.0 Å². The molecule has 0 aromatic heterocycles. The van der Waals surface area contributed by atoms with Gasteiger partial charge < -0.3 is 108 Å². The summed E-state index contributed by atoms with van der Waals surface area (Å²) in [6.07, 6.45) is -6.69. The van der Waals surface area contributed by atoms with Crippen LogP contribution in [-0.4, -0.2) is 319 Å². The molecular weight excluding hydrogens is 1850 g/mol. The van der Waals surface area contributed by atoms with Crippen molar-refractivity contribution in [3.63, 3.8) is 0 Å². The number of ether oxygens (including phenoxy) is 11. The number of carbonyl (C=O) groups is 9. The molecule has 8 N–H and O–H groups in total. The second kappa shape index (κ2) is 60.1. The van der Waals surface area contributed by atoms with Crippen LogP contribution in [0.4, 0.5) is 4.39 Å². The summed E-state index contributed by atoms with van der Waals surface area (Å²) in [5.74, 6) is -11.6. The third kappa shape index (κ3) is 34.6. The van der Waals surface area contributed by atoms with E-state index in [4.69, 9.17) is 52.1 Å². The molecule has 0 amide bonds. The number of rotatable bonds is 10. The molecule has 850 valence electrons. The van der Waals surface area contributed by atoms with Gasteiger partial charge in [-0.05, 0) is 238 Å². The topological polar surface area (TPSA) is 427 Å². The first-order chi connectivity index (χ1) is 66.1. The van der Waals surface area contributed by atoms with Gasteiger partial charge in [-0.25, -0.2) is 9.18 Å². The number of ketones is 4. The maximum atomic E-state index is 15.5. The van der Waals surface area contributed by atoms with Crippen LogP contribution in [0.1, 0.15) is 355 Å². The molecule has 0 aliphatic carbocycles. The van der Waals surface area contributed by atoms with Crippen molar-refractivity contribution in [2.75, 3.05) is 69.2 Å². The SMILES string of the molecule is CC.CC.CC.CC.CC[C@H]1OC(=O)[C@@](C)(F)C(=O)[C@H](C)[C@@H](C)[C@](C)(OC)C[C@@H](C)CN(C)[C@H](C)[C@@H](O)[C@]1(C)O.CC[C@H]1OC(=O)[C@H](C)C(=O)[C@H](C)[C@@H](C)[C@](C)(OC)C[C@@H](C)C(=O)[C@H](C)[C@H]2CC(=O)O[C@@]21C.CC[C@H]1OC(=O)[C@H](C)C(=O)[C@H](C)[C@@H](C)[C@](C)(OC)C[C@@H](C)CN(C)[C@H](C)[C@@H](O)[C@]1(C)O.CC[C@H]1OC(=O)[C@H](C)[C@@H](O[C@H]2C[C@@](C)(OC)[C@@H](O)[C@H](C)O2)[C@H](C)[C@@H](C)[C@](C)(O)C[C@@H](C)CN(C)[C@H](C)[C@@H](O)[C@]1(C)O. The van der Waals surface area contributed by atoms with Crippen LogP contribution in [-0.2, 0) is 95.3 Å². The number of aliphatic hydroxyl groups excluding tert-OH is 4. The zero-order chi connectivity index (χ0) is 114. The van der Waals surface area contributed by atoms with Crippen molar-refractivity contribution in [1.29, 1.82) is 0 Å². The van der Waals surface area contributed by atoms with Gasteiger partial charge in [0.25, 0.3) is 5.67 Å². The molecule has 6 aliphatic rings. The molecule has 6 heterocycles. The molecular formula is C112H212FN3O28. The summed E-state index contributed by atoms with van der Waals surface area (Å²) in [6, 6.07) is -1.29. The highest BCUT2D eigenvalue weighted by molar-refractivity contribution is 6.08. The second-order valence-electron chi connectivity index (χ2n) is 44.8. The normalized spacial score (nSPS) is 44.3. The van der Waals surface area contributed by atoms with Crippen molar-refractivity contribution < 1.29 is 140 Å². The number of methoxy groups -OCH3 is 4. The van der Waals surface area contributed by atoms with Crippen molar-refractivity contribution in [3.05, 3.63) is 0 Å². The van der Waals surface area contributed by atoms with Crippen molar-refractivity contribution in [1.82, 2.24) is 14.7 Å². The Balaban J connectivity index is 0. The number of cyclic esters (lactones) is 4. The minimum absolute atomic E-state index is 0.0144. The average Bonchev–Trinajstić information content (AvgIpc) is 1.60. The van der Waals surface area contributed by atoms with Crippen molar-refractivity contribution >= 4 is 53.0 Å². The first-order valence-corrected chi connectivity index (χ1v) is 54.2. The van der Waals surface area contributed by atoms with Crippen LogP contribution >= 0.6 is 0 Å². The van der Waals surface area contributed by atoms with Crippen LogP contribution in [0.15, 0.2) is 0 Å². The fourth-order valence-corrected chi connectivity index (χ4v) is 22.4. The average molecular weight is 2070 g/mol. The number of alkyl halides is 1. The smallest absolute Gasteiger partial charge is 0.351 e. The molecule has 6 fully saturated rings. The highest BCUT2D eigenvalue weighted by Gasteiger charge is 2.60. The molecule has 32 heteroatoms. The predicted molar refractivity (Wildman–Crippen MR) is 562 cm³/mol. The third-order valence-corrected chi connectivity index (χ3v) is 34.3. The van der Waals surface area contributed by atoms with E-state index in [1.165, 1.54) is 27.9 Å². The zero-order valence-corrected chi connectivity index (χ0v) is 99.1. The van der Waals surface area contributed by atoms with E-state index in [-0.39, 0.29) is 95.9 Å². The van der Waals surface area contributed by atoms with Crippen LogP contribution in [0.25, 0.3) is 0 Å². The molecule has 6 aliphatic heterocycles. The molecule has 31 nitrogen and oxygen atoms in total. The van der Waals surface area contributed by atoms with Crippen molar-refractivity contribution in [3.8, 4) is 0 Å². The maximum Gasteiger partial charge on any atom is 0.351 e. The van der Waals surface area contributed by atoms with E-state index in [0.717, 1.165) is 6.92 Å². The van der Waals surface area contributed by atoms with Crippen LogP contribution < -0.4 is 0 Å². The van der Waals surface area contributed by atoms with Gasteiger partial charge in [-0.1, -0.05) is 173 Å². The Morgan fingerprint density at radius 1 is 0.382 bits per heavy atom. The van der Waals surface area contributed by atoms with Crippen LogP contribution in [0.2, 0.25) is 0 Å².